The smallest absolute Gasteiger partial charge is 0.0710 e. The van der Waals surface area contributed by atoms with Crippen LogP contribution in [0.15, 0.2) is 0 Å². The van der Waals surface area contributed by atoms with Crippen LogP contribution in [0.2, 0.25) is 0 Å². The van der Waals surface area contributed by atoms with Gasteiger partial charge >= 0.3 is 0 Å². The maximum absolute atomic E-state index is 5.42. The highest BCUT2D eigenvalue weighted by Gasteiger charge is 2.44. The second-order valence-corrected chi connectivity index (χ2v) is 5.98. The third kappa shape index (κ3) is 2.94. The SMILES string of the molecule is CO[C@H]1CCN(CC2(CC(C)C)CC2)C1. The van der Waals surface area contributed by atoms with E-state index in [4.69, 9.17) is 4.74 Å². The van der Waals surface area contributed by atoms with Crippen LogP contribution in [0.4, 0.5) is 0 Å². The summed E-state index contributed by atoms with van der Waals surface area (Å²) in [6.07, 6.45) is 6.06. The summed E-state index contributed by atoms with van der Waals surface area (Å²) in [5.41, 5.74) is 0.691. The van der Waals surface area contributed by atoms with Gasteiger partial charge in [-0.15, -0.1) is 0 Å². The first kappa shape index (κ1) is 11.4. The lowest BCUT2D eigenvalue weighted by atomic mass is 9.94. The van der Waals surface area contributed by atoms with Crippen molar-refractivity contribution in [1.82, 2.24) is 4.90 Å². The van der Waals surface area contributed by atoms with Crippen LogP contribution in [-0.2, 0) is 4.74 Å². The van der Waals surface area contributed by atoms with Gasteiger partial charge in [0.2, 0.25) is 0 Å². The van der Waals surface area contributed by atoms with Crippen LogP contribution in [0, 0.1) is 11.3 Å². The van der Waals surface area contributed by atoms with E-state index in [1.807, 2.05) is 7.11 Å². The first-order valence-electron chi connectivity index (χ1n) is 6.39. The first-order valence-corrected chi connectivity index (χ1v) is 6.39. The molecular weight excluding hydrogens is 186 g/mol. The van der Waals surface area contributed by atoms with Gasteiger partial charge in [0.25, 0.3) is 0 Å². The molecule has 2 rings (SSSR count). The minimum absolute atomic E-state index is 0.500. The minimum atomic E-state index is 0.500. The monoisotopic (exact) mass is 211 g/mol. The number of methoxy groups -OCH3 is 1. The molecule has 1 aliphatic heterocycles. The van der Waals surface area contributed by atoms with Gasteiger partial charge in [-0.05, 0) is 37.0 Å². The second-order valence-electron chi connectivity index (χ2n) is 5.98. The van der Waals surface area contributed by atoms with Crippen LogP contribution >= 0.6 is 0 Å². The van der Waals surface area contributed by atoms with Crippen LogP contribution in [0.1, 0.15) is 39.5 Å². The van der Waals surface area contributed by atoms with Crippen molar-refractivity contribution in [2.75, 3.05) is 26.7 Å². The summed E-state index contributed by atoms with van der Waals surface area (Å²) >= 11 is 0. The molecule has 15 heavy (non-hydrogen) atoms. The van der Waals surface area contributed by atoms with E-state index in [0.29, 0.717) is 11.5 Å². The van der Waals surface area contributed by atoms with Crippen molar-refractivity contribution >= 4 is 0 Å². The van der Waals surface area contributed by atoms with E-state index < -0.39 is 0 Å². The molecule has 1 aliphatic carbocycles. The van der Waals surface area contributed by atoms with Crippen LogP contribution < -0.4 is 0 Å². The number of hydrogen-bond donors (Lipinski definition) is 0. The fourth-order valence-corrected chi connectivity index (χ4v) is 3.08. The highest BCUT2D eigenvalue weighted by atomic mass is 16.5. The predicted octanol–water partition coefficient (Wildman–Crippen LogP) is 2.53. The average Bonchev–Trinajstić information content (AvgIpc) is 2.76. The van der Waals surface area contributed by atoms with Crippen molar-refractivity contribution < 1.29 is 4.74 Å². The summed E-state index contributed by atoms with van der Waals surface area (Å²) in [5.74, 6) is 0.855. The van der Waals surface area contributed by atoms with E-state index in [-0.39, 0.29) is 0 Å². The van der Waals surface area contributed by atoms with Crippen LogP contribution in [0.3, 0.4) is 0 Å². The Labute approximate surface area is 94.0 Å². The third-order valence-electron chi connectivity index (χ3n) is 3.92. The zero-order chi connectivity index (χ0) is 10.9. The van der Waals surface area contributed by atoms with E-state index in [1.54, 1.807) is 0 Å². The maximum Gasteiger partial charge on any atom is 0.0710 e. The lowest BCUT2D eigenvalue weighted by Crippen LogP contribution is -2.30. The second kappa shape index (κ2) is 4.42. The number of rotatable bonds is 5. The van der Waals surface area contributed by atoms with E-state index in [2.05, 4.69) is 18.7 Å². The van der Waals surface area contributed by atoms with Gasteiger partial charge < -0.3 is 9.64 Å². The van der Waals surface area contributed by atoms with Crippen molar-refractivity contribution in [2.45, 2.75) is 45.6 Å². The van der Waals surface area contributed by atoms with Gasteiger partial charge in [-0.1, -0.05) is 13.8 Å². The highest BCUT2D eigenvalue weighted by molar-refractivity contribution is 4.97. The highest BCUT2D eigenvalue weighted by Crippen LogP contribution is 2.51. The van der Waals surface area contributed by atoms with Crippen LogP contribution in [0.5, 0.6) is 0 Å². The van der Waals surface area contributed by atoms with Crippen molar-refractivity contribution in [1.29, 1.82) is 0 Å². The molecule has 0 aromatic rings. The molecule has 1 saturated heterocycles. The number of likely N-dealkylation sites (tertiary alicyclic amines) is 1. The molecule has 0 amide bonds. The first-order chi connectivity index (χ1) is 7.13. The molecule has 1 atom stereocenters. The van der Waals surface area contributed by atoms with Gasteiger partial charge in [-0.3, -0.25) is 0 Å². The summed E-state index contributed by atoms with van der Waals surface area (Å²) in [6.45, 7) is 8.43. The number of hydrogen-bond acceptors (Lipinski definition) is 2. The number of ether oxygens (including phenoxy) is 1. The molecule has 0 unspecified atom stereocenters. The molecule has 0 aromatic carbocycles. The molecule has 88 valence electrons. The molecule has 0 bridgehead atoms. The topological polar surface area (TPSA) is 12.5 Å². The van der Waals surface area contributed by atoms with Gasteiger partial charge in [0.05, 0.1) is 6.10 Å². The van der Waals surface area contributed by atoms with E-state index >= 15 is 0 Å². The Bertz CT molecular complexity index is 211. The van der Waals surface area contributed by atoms with E-state index in [1.165, 1.54) is 38.8 Å². The molecule has 0 aromatic heterocycles. The van der Waals surface area contributed by atoms with Crippen molar-refractivity contribution in [3.8, 4) is 0 Å². The fraction of sp³-hybridized carbons (Fsp3) is 1.00. The van der Waals surface area contributed by atoms with Crippen LogP contribution in [-0.4, -0.2) is 37.7 Å². The molecule has 1 heterocycles. The Kier molecular flexibility index (Phi) is 3.36. The Morgan fingerprint density at radius 3 is 2.60 bits per heavy atom. The maximum atomic E-state index is 5.42. The fourth-order valence-electron chi connectivity index (χ4n) is 3.08. The summed E-state index contributed by atoms with van der Waals surface area (Å²) in [6, 6.07) is 0. The standard InChI is InChI=1S/C13H25NO/c1-11(2)8-13(5-6-13)10-14-7-4-12(9-14)15-3/h11-12H,4-10H2,1-3H3/t12-/m0/s1. The molecular formula is C13H25NO. The normalized spacial score (nSPS) is 30.0. The average molecular weight is 211 g/mol. The molecule has 0 spiro atoms. The molecule has 2 aliphatic rings. The largest absolute Gasteiger partial charge is 0.380 e. The molecule has 1 saturated carbocycles. The predicted molar refractivity (Wildman–Crippen MR) is 63.0 cm³/mol. The Balaban J connectivity index is 1.77. The lowest BCUT2D eigenvalue weighted by molar-refractivity contribution is 0.104. The van der Waals surface area contributed by atoms with E-state index in [9.17, 15) is 0 Å². The molecule has 2 nitrogen and oxygen atoms in total. The summed E-state index contributed by atoms with van der Waals surface area (Å²) in [7, 11) is 1.84. The number of nitrogens with zero attached hydrogens (tertiary/aromatic N) is 1. The zero-order valence-corrected chi connectivity index (χ0v) is 10.5. The van der Waals surface area contributed by atoms with Crippen LogP contribution in [0.25, 0.3) is 0 Å². The van der Waals surface area contributed by atoms with Crippen molar-refractivity contribution in [3.05, 3.63) is 0 Å². The minimum Gasteiger partial charge on any atom is -0.380 e. The van der Waals surface area contributed by atoms with Gasteiger partial charge in [0, 0.05) is 26.7 Å². The lowest BCUT2D eigenvalue weighted by Gasteiger charge is -2.24. The van der Waals surface area contributed by atoms with Crippen molar-refractivity contribution in [2.24, 2.45) is 11.3 Å². The van der Waals surface area contributed by atoms with Gasteiger partial charge in [-0.25, -0.2) is 0 Å². The van der Waals surface area contributed by atoms with Gasteiger partial charge in [-0.2, -0.15) is 0 Å². The molecule has 0 N–H and O–H groups in total. The molecule has 0 radical (unpaired) electrons. The molecule has 2 heteroatoms. The van der Waals surface area contributed by atoms with E-state index in [0.717, 1.165) is 12.5 Å². The summed E-state index contributed by atoms with van der Waals surface area (Å²) < 4.78 is 5.42. The quantitative estimate of drug-likeness (QED) is 0.693. The Morgan fingerprint density at radius 2 is 2.13 bits per heavy atom. The van der Waals surface area contributed by atoms with Gasteiger partial charge in [0.15, 0.2) is 0 Å². The summed E-state index contributed by atoms with van der Waals surface area (Å²) in [5, 5.41) is 0. The zero-order valence-electron chi connectivity index (χ0n) is 10.5. The summed E-state index contributed by atoms with van der Waals surface area (Å²) in [4.78, 5) is 2.61. The Hall–Kier alpha value is -0.0800. The molecule has 2 fully saturated rings. The van der Waals surface area contributed by atoms with Gasteiger partial charge in [0.1, 0.15) is 0 Å². The third-order valence-corrected chi connectivity index (χ3v) is 3.92. The van der Waals surface area contributed by atoms with Crippen molar-refractivity contribution in [3.63, 3.8) is 0 Å². The Morgan fingerprint density at radius 1 is 1.40 bits per heavy atom.